The number of hydrogen-bond acceptors (Lipinski definition) is 6. The summed E-state index contributed by atoms with van der Waals surface area (Å²) in [6.07, 6.45) is 0.120. The van der Waals surface area contributed by atoms with E-state index in [0.29, 0.717) is 5.89 Å². The van der Waals surface area contributed by atoms with Crippen molar-refractivity contribution >= 4 is 15.7 Å². The van der Waals surface area contributed by atoms with Crippen LogP contribution < -0.4 is 10.5 Å². The first-order valence-electron chi connectivity index (χ1n) is 5.83. The van der Waals surface area contributed by atoms with Crippen LogP contribution in [0, 0.1) is 18.6 Å². The van der Waals surface area contributed by atoms with Crippen LogP contribution in [-0.4, -0.2) is 25.1 Å². The van der Waals surface area contributed by atoms with E-state index in [0.717, 1.165) is 12.1 Å². The van der Waals surface area contributed by atoms with Crippen LogP contribution in [0.2, 0.25) is 0 Å². The molecule has 0 amide bonds. The van der Waals surface area contributed by atoms with Crippen molar-refractivity contribution in [2.75, 3.05) is 12.3 Å². The van der Waals surface area contributed by atoms with Gasteiger partial charge in [0.1, 0.15) is 11.6 Å². The molecular formula is C11H12F2N4O3S. The molecule has 1 aromatic carbocycles. The van der Waals surface area contributed by atoms with Crippen LogP contribution in [0.3, 0.4) is 0 Å². The molecule has 0 radical (unpaired) electrons. The molecular weight excluding hydrogens is 306 g/mol. The number of nitrogen functional groups attached to an aromatic ring is 1. The Hall–Kier alpha value is -2.07. The lowest BCUT2D eigenvalue weighted by atomic mass is 10.3. The molecule has 1 aromatic heterocycles. The maximum atomic E-state index is 13.6. The summed E-state index contributed by atoms with van der Waals surface area (Å²) in [6.45, 7) is 1.45. The van der Waals surface area contributed by atoms with E-state index in [9.17, 15) is 17.2 Å². The minimum absolute atomic E-state index is 0.120. The van der Waals surface area contributed by atoms with Crippen molar-refractivity contribution in [1.29, 1.82) is 0 Å². The Balaban J connectivity index is 2.12. The summed E-state index contributed by atoms with van der Waals surface area (Å²) >= 11 is 0. The minimum Gasteiger partial charge on any atom is -0.399 e. The lowest BCUT2D eigenvalue weighted by Gasteiger charge is -2.08. The van der Waals surface area contributed by atoms with E-state index < -0.39 is 26.6 Å². The SMILES string of the molecule is Cc1nc(CCNS(=O)(=O)c2c(F)cc(N)cc2F)no1. The number of rotatable bonds is 5. The Morgan fingerprint density at radius 1 is 1.33 bits per heavy atom. The van der Waals surface area contributed by atoms with Gasteiger partial charge in [0.05, 0.1) is 0 Å². The topological polar surface area (TPSA) is 111 Å². The molecule has 114 valence electrons. The normalized spacial score (nSPS) is 11.8. The maximum Gasteiger partial charge on any atom is 0.246 e. The molecule has 1 heterocycles. The van der Waals surface area contributed by atoms with Crippen molar-refractivity contribution < 1.29 is 21.7 Å². The molecule has 7 nitrogen and oxygen atoms in total. The molecule has 21 heavy (non-hydrogen) atoms. The quantitative estimate of drug-likeness (QED) is 0.787. The lowest BCUT2D eigenvalue weighted by molar-refractivity contribution is 0.387. The van der Waals surface area contributed by atoms with Crippen LogP contribution in [0.4, 0.5) is 14.5 Å². The molecule has 0 aliphatic carbocycles. The van der Waals surface area contributed by atoms with Crippen molar-refractivity contribution in [3.8, 4) is 0 Å². The second-order valence-electron chi connectivity index (χ2n) is 4.19. The first-order chi connectivity index (χ1) is 9.79. The Bertz CT molecular complexity index is 738. The number of hydrogen-bond donors (Lipinski definition) is 2. The molecule has 0 fully saturated rings. The van der Waals surface area contributed by atoms with Crippen molar-refractivity contribution in [3.63, 3.8) is 0 Å². The number of nitrogens with zero attached hydrogens (tertiary/aromatic N) is 2. The predicted octanol–water partition coefficient (Wildman–Crippen LogP) is 0.759. The van der Waals surface area contributed by atoms with E-state index >= 15 is 0 Å². The molecule has 0 atom stereocenters. The van der Waals surface area contributed by atoms with Gasteiger partial charge in [-0.2, -0.15) is 4.98 Å². The minimum atomic E-state index is -4.34. The lowest BCUT2D eigenvalue weighted by Crippen LogP contribution is -2.28. The first kappa shape index (κ1) is 15.3. The van der Waals surface area contributed by atoms with Crippen LogP contribution in [-0.2, 0) is 16.4 Å². The molecule has 0 aliphatic rings. The van der Waals surface area contributed by atoms with E-state index in [-0.39, 0.29) is 24.5 Å². The maximum absolute atomic E-state index is 13.6. The van der Waals surface area contributed by atoms with Gasteiger partial charge >= 0.3 is 0 Å². The fraction of sp³-hybridized carbons (Fsp3) is 0.273. The van der Waals surface area contributed by atoms with E-state index in [2.05, 4.69) is 14.9 Å². The number of benzene rings is 1. The highest BCUT2D eigenvalue weighted by atomic mass is 32.2. The van der Waals surface area contributed by atoms with Gasteiger partial charge in [-0.1, -0.05) is 5.16 Å². The summed E-state index contributed by atoms with van der Waals surface area (Å²) in [5, 5.41) is 3.57. The Kier molecular flexibility index (Phi) is 4.19. The Morgan fingerprint density at radius 3 is 2.48 bits per heavy atom. The smallest absolute Gasteiger partial charge is 0.246 e. The fourth-order valence-electron chi connectivity index (χ4n) is 1.65. The van der Waals surface area contributed by atoms with Crippen LogP contribution in [0.5, 0.6) is 0 Å². The zero-order valence-corrected chi connectivity index (χ0v) is 11.7. The molecule has 3 N–H and O–H groups in total. The average molecular weight is 318 g/mol. The highest BCUT2D eigenvalue weighted by molar-refractivity contribution is 7.89. The average Bonchev–Trinajstić information content (AvgIpc) is 2.72. The highest BCUT2D eigenvalue weighted by Gasteiger charge is 2.24. The number of halogens is 2. The Morgan fingerprint density at radius 2 is 1.95 bits per heavy atom. The van der Waals surface area contributed by atoms with E-state index in [4.69, 9.17) is 10.3 Å². The summed E-state index contributed by atoms with van der Waals surface area (Å²) in [4.78, 5) is 2.80. The monoisotopic (exact) mass is 318 g/mol. The van der Waals surface area contributed by atoms with E-state index in [1.165, 1.54) is 0 Å². The number of nitrogens with one attached hydrogen (secondary N) is 1. The molecule has 2 aromatic rings. The van der Waals surface area contributed by atoms with E-state index in [1.807, 2.05) is 0 Å². The highest BCUT2D eigenvalue weighted by Crippen LogP contribution is 2.21. The van der Waals surface area contributed by atoms with Crippen molar-refractivity contribution in [1.82, 2.24) is 14.9 Å². The fourth-order valence-corrected chi connectivity index (χ4v) is 2.79. The van der Waals surface area contributed by atoms with Gasteiger partial charge in [0.25, 0.3) is 0 Å². The van der Waals surface area contributed by atoms with Crippen molar-refractivity contribution in [2.24, 2.45) is 0 Å². The third-order valence-electron chi connectivity index (χ3n) is 2.50. The Labute approximate surface area is 119 Å². The molecule has 0 spiro atoms. The van der Waals surface area contributed by atoms with E-state index in [1.54, 1.807) is 6.92 Å². The third kappa shape index (κ3) is 3.52. The van der Waals surface area contributed by atoms with Gasteiger partial charge in [-0.15, -0.1) is 0 Å². The largest absolute Gasteiger partial charge is 0.399 e. The van der Waals surface area contributed by atoms with Gasteiger partial charge in [-0.05, 0) is 12.1 Å². The molecule has 0 bridgehead atoms. The molecule has 0 unspecified atom stereocenters. The first-order valence-corrected chi connectivity index (χ1v) is 7.31. The second-order valence-corrected chi connectivity index (χ2v) is 5.89. The molecule has 0 saturated heterocycles. The predicted molar refractivity (Wildman–Crippen MR) is 68.7 cm³/mol. The van der Waals surface area contributed by atoms with Crippen molar-refractivity contribution in [2.45, 2.75) is 18.2 Å². The molecule has 2 rings (SSSR count). The van der Waals surface area contributed by atoms with Crippen molar-refractivity contribution in [3.05, 3.63) is 35.5 Å². The summed E-state index contributed by atoms with van der Waals surface area (Å²) in [5.74, 6) is -1.89. The number of anilines is 1. The summed E-state index contributed by atoms with van der Waals surface area (Å²) in [7, 11) is -4.34. The number of sulfonamides is 1. The van der Waals surface area contributed by atoms with Gasteiger partial charge in [0, 0.05) is 25.6 Å². The molecule has 0 aliphatic heterocycles. The zero-order valence-electron chi connectivity index (χ0n) is 10.9. The second kappa shape index (κ2) is 5.74. The van der Waals surface area contributed by atoms with Crippen LogP contribution in [0.15, 0.2) is 21.6 Å². The van der Waals surface area contributed by atoms with Gasteiger partial charge in [0.2, 0.25) is 15.9 Å². The summed E-state index contributed by atoms with van der Waals surface area (Å²) in [5.41, 5.74) is 5.03. The number of aromatic nitrogens is 2. The van der Waals surface area contributed by atoms with Crippen LogP contribution in [0.25, 0.3) is 0 Å². The molecule has 10 heteroatoms. The van der Waals surface area contributed by atoms with Gasteiger partial charge in [-0.3, -0.25) is 0 Å². The van der Waals surface area contributed by atoms with Crippen LogP contribution in [0.1, 0.15) is 11.7 Å². The standard InChI is InChI=1S/C11H12F2N4O3S/c1-6-16-10(17-20-6)2-3-15-21(18,19)11-8(12)4-7(14)5-9(11)13/h4-5,15H,2-3,14H2,1H3. The van der Waals surface area contributed by atoms with Crippen LogP contribution >= 0.6 is 0 Å². The van der Waals surface area contributed by atoms with Gasteiger partial charge in [-0.25, -0.2) is 21.9 Å². The number of nitrogens with two attached hydrogens (primary N) is 1. The zero-order chi connectivity index (χ0) is 15.6. The third-order valence-corrected chi connectivity index (χ3v) is 4.01. The number of aryl methyl sites for hydroxylation is 1. The summed E-state index contributed by atoms with van der Waals surface area (Å²) < 4.78 is 57.7. The molecule has 0 saturated carbocycles. The van der Waals surface area contributed by atoms with Gasteiger partial charge in [0.15, 0.2) is 10.7 Å². The summed E-state index contributed by atoms with van der Waals surface area (Å²) in [6, 6.07) is 1.47. The van der Waals surface area contributed by atoms with Gasteiger partial charge < -0.3 is 10.3 Å².